The van der Waals surface area contributed by atoms with Gasteiger partial charge in [0.25, 0.3) is 5.56 Å². The van der Waals surface area contributed by atoms with Crippen LogP contribution >= 0.6 is 15.9 Å². The molecule has 2 aromatic heterocycles. The molecule has 2 heterocycles. The number of nitrogens with zero attached hydrogens (tertiary/aromatic N) is 2. The minimum atomic E-state index is -1.13. The number of furan rings is 1. The number of hydrogen-bond donors (Lipinski definition) is 1. The first-order chi connectivity index (χ1) is 8.90. The predicted molar refractivity (Wildman–Crippen MR) is 70.4 cm³/mol. The fourth-order valence-electron chi connectivity index (χ4n) is 1.62. The van der Waals surface area contributed by atoms with E-state index in [-0.39, 0.29) is 17.9 Å². The fourth-order valence-corrected chi connectivity index (χ4v) is 1.95. The molecule has 0 fully saturated rings. The lowest BCUT2D eigenvalue weighted by atomic mass is 10.2. The molecule has 0 aliphatic rings. The third-order valence-electron chi connectivity index (χ3n) is 2.73. The lowest BCUT2D eigenvalue weighted by Crippen LogP contribution is -2.22. The third kappa shape index (κ3) is 2.60. The Labute approximate surface area is 116 Å². The highest BCUT2D eigenvalue weighted by Crippen LogP contribution is 2.16. The summed E-state index contributed by atoms with van der Waals surface area (Å²) in [6.45, 7) is 3.60. The molecule has 6 nitrogen and oxygen atoms in total. The standard InChI is InChI=1S/C12H11BrN2O4/c1-6-10(13)11(16)15(5-14-6)4-8-3-9(12(17)18)19-7(8)2/h3,5H,4H2,1-2H3,(H,17,18). The Bertz CT molecular complexity index is 702. The molecule has 2 aromatic rings. The Morgan fingerprint density at radius 2 is 2.21 bits per heavy atom. The van der Waals surface area contributed by atoms with Gasteiger partial charge in [0.05, 0.1) is 18.6 Å². The highest BCUT2D eigenvalue weighted by molar-refractivity contribution is 9.10. The molecule has 0 amide bonds. The van der Waals surface area contributed by atoms with Gasteiger partial charge in [0.15, 0.2) is 0 Å². The van der Waals surface area contributed by atoms with Crippen molar-refractivity contribution in [2.45, 2.75) is 20.4 Å². The molecule has 0 aliphatic heterocycles. The lowest BCUT2D eigenvalue weighted by molar-refractivity contribution is 0.0661. The second kappa shape index (κ2) is 5.00. The normalized spacial score (nSPS) is 10.7. The van der Waals surface area contributed by atoms with Crippen LogP contribution in [-0.2, 0) is 6.54 Å². The van der Waals surface area contributed by atoms with Gasteiger partial charge in [-0.2, -0.15) is 0 Å². The largest absolute Gasteiger partial charge is 0.475 e. The van der Waals surface area contributed by atoms with E-state index in [1.807, 2.05) is 0 Å². The number of carbonyl (C=O) groups is 1. The van der Waals surface area contributed by atoms with Gasteiger partial charge in [0.2, 0.25) is 5.76 Å². The number of aromatic carboxylic acids is 1. The van der Waals surface area contributed by atoms with Crippen LogP contribution in [0.5, 0.6) is 0 Å². The summed E-state index contributed by atoms with van der Waals surface area (Å²) in [6, 6.07) is 1.41. The topological polar surface area (TPSA) is 85.3 Å². The maximum atomic E-state index is 12.0. The van der Waals surface area contributed by atoms with Gasteiger partial charge in [-0.25, -0.2) is 9.78 Å². The molecule has 7 heteroatoms. The minimum absolute atomic E-state index is 0.139. The van der Waals surface area contributed by atoms with E-state index in [2.05, 4.69) is 20.9 Å². The van der Waals surface area contributed by atoms with Gasteiger partial charge >= 0.3 is 5.97 Å². The zero-order valence-corrected chi connectivity index (χ0v) is 11.9. The molecular formula is C12H11BrN2O4. The van der Waals surface area contributed by atoms with Gasteiger partial charge in [0, 0.05) is 5.56 Å². The molecule has 100 valence electrons. The molecule has 0 atom stereocenters. The van der Waals surface area contributed by atoms with E-state index in [9.17, 15) is 9.59 Å². The van der Waals surface area contributed by atoms with E-state index in [0.29, 0.717) is 21.5 Å². The second-order valence-corrected chi connectivity index (χ2v) is 4.87. The smallest absolute Gasteiger partial charge is 0.371 e. The molecule has 2 rings (SSSR count). The molecule has 0 spiro atoms. The molecule has 0 unspecified atom stereocenters. The van der Waals surface area contributed by atoms with Crippen molar-refractivity contribution in [3.63, 3.8) is 0 Å². The second-order valence-electron chi connectivity index (χ2n) is 4.07. The average Bonchev–Trinajstić information content (AvgIpc) is 2.72. The molecule has 0 saturated carbocycles. The minimum Gasteiger partial charge on any atom is -0.475 e. The van der Waals surface area contributed by atoms with Crippen molar-refractivity contribution in [1.29, 1.82) is 0 Å². The zero-order valence-electron chi connectivity index (χ0n) is 10.3. The van der Waals surface area contributed by atoms with Crippen LogP contribution in [0.2, 0.25) is 0 Å². The number of hydrogen-bond acceptors (Lipinski definition) is 4. The van der Waals surface area contributed by atoms with Crippen LogP contribution in [0.3, 0.4) is 0 Å². The maximum Gasteiger partial charge on any atom is 0.371 e. The fraction of sp³-hybridized carbons (Fsp3) is 0.250. The van der Waals surface area contributed by atoms with Gasteiger partial charge in [-0.05, 0) is 35.8 Å². The van der Waals surface area contributed by atoms with Crippen LogP contribution in [0, 0.1) is 13.8 Å². The first kappa shape index (κ1) is 13.5. The van der Waals surface area contributed by atoms with Crippen LogP contribution in [-0.4, -0.2) is 20.6 Å². The molecule has 0 radical (unpaired) electrons. The first-order valence-electron chi connectivity index (χ1n) is 5.44. The van der Waals surface area contributed by atoms with E-state index in [0.717, 1.165) is 0 Å². The summed E-state index contributed by atoms with van der Waals surface area (Å²) in [6.07, 6.45) is 1.43. The summed E-state index contributed by atoms with van der Waals surface area (Å²) in [5, 5.41) is 8.84. The van der Waals surface area contributed by atoms with Gasteiger partial charge in [-0.1, -0.05) is 0 Å². The predicted octanol–water partition coefficient (Wildman–Crippen LogP) is 1.96. The quantitative estimate of drug-likeness (QED) is 0.931. The molecule has 19 heavy (non-hydrogen) atoms. The van der Waals surface area contributed by atoms with Crippen molar-refractivity contribution < 1.29 is 14.3 Å². The lowest BCUT2D eigenvalue weighted by Gasteiger charge is -2.05. The highest BCUT2D eigenvalue weighted by Gasteiger charge is 2.14. The van der Waals surface area contributed by atoms with Crippen molar-refractivity contribution in [2.75, 3.05) is 0 Å². The van der Waals surface area contributed by atoms with E-state index in [1.165, 1.54) is 17.0 Å². The summed E-state index contributed by atoms with van der Waals surface area (Å²) in [5.74, 6) is -0.800. The monoisotopic (exact) mass is 326 g/mol. The Morgan fingerprint density at radius 3 is 2.79 bits per heavy atom. The van der Waals surface area contributed by atoms with Crippen LogP contribution in [0.25, 0.3) is 0 Å². The van der Waals surface area contributed by atoms with Crippen molar-refractivity contribution in [3.8, 4) is 0 Å². The summed E-state index contributed by atoms with van der Waals surface area (Å²) < 4.78 is 6.88. The molecule has 0 saturated heterocycles. The maximum absolute atomic E-state index is 12.0. The number of aryl methyl sites for hydroxylation is 2. The van der Waals surface area contributed by atoms with E-state index in [1.54, 1.807) is 13.8 Å². The number of carboxylic acids is 1. The van der Waals surface area contributed by atoms with Crippen LogP contribution < -0.4 is 5.56 Å². The Balaban J connectivity index is 2.39. The van der Waals surface area contributed by atoms with Gasteiger partial charge in [-0.15, -0.1) is 0 Å². The zero-order chi connectivity index (χ0) is 14.2. The SMILES string of the molecule is Cc1ncn(Cc2cc(C(=O)O)oc2C)c(=O)c1Br. The summed E-state index contributed by atoms with van der Waals surface area (Å²) in [5.41, 5.74) is 1.03. The van der Waals surface area contributed by atoms with Gasteiger partial charge < -0.3 is 9.52 Å². The number of aromatic nitrogens is 2. The summed E-state index contributed by atoms with van der Waals surface area (Å²) >= 11 is 3.18. The molecule has 0 aliphatic carbocycles. The molecule has 0 aromatic carbocycles. The van der Waals surface area contributed by atoms with Crippen LogP contribution in [0.15, 0.2) is 26.1 Å². The van der Waals surface area contributed by atoms with Crippen LogP contribution in [0.4, 0.5) is 0 Å². The van der Waals surface area contributed by atoms with Gasteiger partial charge in [-0.3, -0.25) is 9.36 Å². The Hall–Kier alpha value is -1.89. The highest BCUT2D eigenvalue weighted by atomic mass is 79.9. The average molecular weight is 327 g/mol. The van der Waals surface area contributed by atoms with Crippen molar-refractivity contribution in [1.82, 2.24) is 9.55 Å². The molecular weight excluding hydrogens is 316 g/mol. The Kier molecular flexibility index (Phi) is 3.57. The van der Waals surface area contributed by atoms with Crippen molar-refractivity contribution in [3.05, 3.63) is 50.0 Å². The third-order valence-corrected chi connectivity index (χ3v) is 3.64. The number of carboxylic acid groups (broad SMARTS) is 1. The summed E-state index contributed by atoms with van der Waals surface area (Å²) in [4.78, 5) is 26.9. The van der Waals surface area contributed by atoms with Crippen molar-refractivity contribution in [2.24, 2.45) is 0 Å². The number of rotatable bonds is 3. The Morgan fingerprint density at radius 1 is 1.53 bits per heavy atom. The van der Waals surface area contributed by atoms with E-state index >= 15 is 0 Å². The molecule has 1 N–H and O–H groups in total. The molecule has 0 bridgehead atoms. The number of halogens is 1. The van der Waals surface area contributed by atoms with E-state index in [4.69, 9.17) is 9.52 Å². The van der Waals surface area contributed by atoms with Crippen LogP contribution in [0.1, 0.15) is 27.6 Å². The van der Waals surface area contributed by atoms with E-state index < -0.39 is 5.97 Å². The first-order valence-corrected chi connectivity index (χ1v) is 6.23. The van der Waals surface area contributed by atoms with Crippen molar-refractivity contribution >= 4 is 21.9 Å². The van der Waals surface area contributed by atoms with Gasteiger partial charge in [0.1, 0.15) is 10.2 Å². The summed E-state index contributed by atoms with van der Waals surface area (Å²) in [7, 11) is 0.